The van der Waals surface area contributed by atoms with E-state index in [-0.39, 0.29) is 12.5 Å². The molecule has 0 amide bonds. The number of aliphatic carboxylic acids is 1. The molecule has 1 aromatic rings. The third kappa shape index (κ3) is 5.59. The molecule has 1 aromatic heterocycles. The first-order valence-corrected chi connectivity index (χ1v) is 9.37. The Morgan fingerprint density at radius 3 is 2.96 bits per heavy atom. The van der Waals surface area contributed by atoms with Gasteiger partial charge in [-0.2, -0.15) is 0 Å². The summed E-state index contributed by atoms with van der Waals surface area (Å²) < 4.78 is 11.7. The van der Waals surface area contributed by atoms with Crippen LogP contribution in [0.15, 0.2) is 18.5 Å². The number of carboxylic acid groups (broad SMARTS) is 1. The summed E-state index contributed by atoms with van der Waals surface area (Å²) in [6, 6.07) is 2.04. The molecule has 0 unspecified atom stereocenters. The predicted octanol–water partition coefficient (Wildman–Crippen LogP) is 3.11. The Bertz CT molecular complexity index is 560. The molecule has 6 heteroatoms. The molecule has 1 N–H and O–H groups in total. The summed E-state index contributed by atoms with van der Waals surface area (Å²) >= 11 is 0. The normalized spacial score (nSPS) is 21.9. The van der Waals surface area contributed by atoms with Crippen LogP contribution in [0.5, 0.6) is 5.75 Å². The molecular weight excluding hydrogens is 320 g/mol. The van der Waals surface area contributed by atoms with E-state index in [0.29, 0.717) is 25.5 Å². The molecule has 2 heterocycles. The molecule has 6 nitrogen and oxygen atoms in total. The lowest BCUT2D eigenvalue weighted by molar-refractivity contribution is -0.137. The van der Waals surface area contributed by atoms with Crippen molar-refractivity contribution in [1.82, 2.24) is 4.98 Å². The molecule has 138 valence electrons. The molecule has 25 heavy (non-hydrogen) atoms. The van der Waals surface area contributed by atoms with Crippen molar-refractivity contribution in [2.45, 2.75) is 51.0 Å². The van der Waals surface area contributed by atoms with Gasteiger partial charge in [0.05, 0.1) is 37.4 Å². The van der Waals surface area contributed by atoms with Gasteiger partial charge in [-0.25, -0.2) is 0 Å². The summed E-state index contributed by atoms with van der Waals surface area (Å²) in [6.45, 7) is 2.87. The van der Waals surface area contributed by atoms with Crippen LogP contribution in [0.1, 0.15) is 44.9 Å². The quantitative estimate of drug-likeness (QED) is 0.816. The first-order valence-electron chi connectivity index (χ1n) is 9.37. The van der Waals surface area contributed by atoms with Crippen molar-refractivity contribution >= 4 is 11.7 Å². The number of carbonyl (C=O) groups is 1. The van der Waals surface area contributed by atoms with Gasteiger partial charge >= 0.3 is 5.97 Å². The minimum Gasteiger partial charge on any atom is -0.492 e. The molecule has 1 aliphatic heterocycles. The Morgan fingerprint density at radius 1 is 1.32 bits per heavy atom. The number of pyridine rings is 1. The third-order valence-electron chi connectivity index (χ3n) is 5.09. The fraction of sp³-hybridized carbons (Fsp3) is 0.684. The van der Waals surface area contributed by atoms with Crippen LogP contribution in [0.4, 0.5) is 5.69 Å². The van der Waals surface area contributed by atoms with Crippen LogP contribution in [0.25, 0.3) is 0 Å². The predicted molar refractivity (Wildman–Crippen MR) is 95.1 cm³/mol. The summed E-state index contributed by atoms with van der Waals surface area (Å²) in [6.07, 6.45) is 10.8. The summed E-state index contributed by atoms with van der Waals surface area (Å²) in [5.41, 5.74) is 1.02. The highest BCUT2D eigenvalue weighted by Gasteiger charge is 2.22. The highest BCUT2D eigenvalue weighted by Crippen LogP contribution is 2.26. The monoisotopic (exact) mass is 348 g/mol. The van der Waals surface area contributed by atoms with Crippen molar-refractivity contribution in [3.05, 3.63) is 18.5 Å². The van der Waals surface area contributed by atoms with E-state index in [4.69, 9.17) is 14.6 Å². The number of anilines is 1. The van der Waals surface area contributed by atoms with Gasteiger partial charge in [-0.15, -0.1) is 0 Å². The van der Waals surface area contributed by atoms with Crippen LogP contribution in [-0.4, -0.2) is 48.5 Å². The van der Waals surface area contributed by atoms with E-state index in [0.717, 1.165) is 24.6 Å². The summed E-state index contributed by atoms with van der Waals surface area (Å²) in [5.74, 6) is 0.707. The molecule has 2 fully saturated rings. The minimum absolute atomic E-state index is 0.0448. The molecule has 1 atom stereocenters. The van der Waals surface area contributed by atoms with E-state index < -0.39 is 5.97 Å². The molecule has 0 aromatic carbocycles. The smallest absolute Gasteiger partial charge is 0.303 e. The maximum Gasteiger partial charge on any atom is 0.303 e. The fourth-order valence-corrected chi connectivity index (χ4v) is 3.64. The second kappa shape index (κ2) is 9.04. The largest absolute Gasteiger partial charge is 0.492 e. The van der Waals surface area contributed by atoms with Crippen LogP contribution in [0.2, 0.25) is 0 Å². The zero-order valence-corrected chi connectivity index (χ0v) is 14.7. The van der Waals surface area contributed by atoms with Crippen molar-refractivity contribution in [1.29, 1.82) is 0 Å². The van der Waals surface area contributed by atoms with E-state index in [1.165, 1.54) is 32.1 Å². The molecular formula is C19H28N2O4. The second-order valence-corrected chi connectivity index (χ2v) is 7.07. The maximum absolute atomic E-state index is 10.7. The number of hydrogen-bond acceptors (Lipinski definition) is 5. The highest BCUT2D eigenvalue weighted by molar-refractivity contribution is 5.66. The second-order valence-electron chi connectivity index (χ2n) is 7.07. The van der Waals surface area contributed by atoms with Gasteiger partial charge in [-0.1, -0.05) is 19.3 Å². The Kier molecular flexibility index (Phi) is 6.50. The molecule has 1 aliphatic carbocycles. The van der Waals surface area contributed by atoms with E-state index in [1.54, 1.807) is 6.20 Å². The fourth-order valence-electron chi connectivity index (χ4n) is 3.64. The lowest BCUT2D eigenvalue weighted by atomic mass is 9.90. The number of hydrogen-bond donors (Lipinski definition) is 1. The number of ether oxygens (including phenoxy) is 2. The van der Waals surface area contributed by atoms with Gasteiger partial charge < -0.3 is 19.5 Å². The van der Waals surface area contributed by atoms with Gasteiger partial charge in [-0.3, -0.25) is 9.78 Å². The zero-order valence-electron chi connectivity index (χ0n) is 14.7. The number of aromatic nitrogens is 1. The highest BCUT2D eigenvalue weighted by atomic mass is 16.5. The Hall–Kier alpha value is -1.82. The molecule has 0 radical (unpaired) electrons. The van der Waals surface area contributed by atoms with E-state index in [9.17, 15) is 4.79 Å². The lowest BCUT2D eigenvalue weighted by Crippen LogP contribution is -2.42. The van der Waals surface area contributed by atoms with Gasteiger partial charge in [0.25, 0.3) is 0 Å². The van der Waals surface area contributed by atoms with Crippen LogP contribution >= 0.6 is 0 Å². The Labute approximate surface area is 149 Å². The van der Waals surface area contributed by atoms with Crippen LogP contribution in [0.3, 0.4) is 0 Å². The first kappa shape index (κ1) is 18.0. The molecule has 0 bridgehead atoms. The van der Waals surface area contributed by atoms with Gasteiger partial charge in [0.15, 0.2) is 0 Å². The van der Waals surface area contributed by atoms with Gasteiger partial charge in [-0.05, 0) is 25.2 Å². The van der Waals surface area contributed by atoms with Crippen LogP contribution in [0, 0.1) is 5.92 Å². The lowest BCUT2D eigenvalue weighted by Gasteiger charge is -2.34. The van der Waals surface area contributed by atoms with Crippen molar-refractivity contribution in [2.24, 2.45) is 5.92 Å². The number of carboxylic acids is 1. The minimum atomic E-state index is -0.777. The summed E-state index contributed by atoms with van der Waals surface area (Å²) in [5, 5.41) is 8.83. The first-order chi connectivity index (χ1) is 12.2. The van der Waals surface area contributed by atoms with Crippen molar-refractivity contribution < 1.29 is 19.4 Å². The maximum atomic E-state index is 10.7. The molecule has 2 aliphatic rings. The summed E-state index contributed by atoms with van der Waals surface area (Å²) in [4.78, 5) is 17.3. The Morgan fingerprint density at radius 2 is 2.16 bits per heavy atom. The summed E-state index contributed by atoms with van der Waals surface area (Å²) in [7, 11) is 0. The van der Waals surface area contributed by atoms with Crippen LogP contribution in [-0.2, 0) is 9.53 Å². The topological polar surface area (TPSA) is 71.9 Å². The number of nitrogens with zero attached hydrogens (tertiary/aromatic N) is 2. The van der Waals surface area contributed by atoms with Crippen LogP contribution < -0.4 is 9.64 Å². The number of morpholine rings is 1. The standard InChI is InChI=1S/C19H28N2O4/c22-19(23)7-6-17-13-21(8-9-24-17)16-10-18(12-20-11-16)25-14-15-4-2-1-3-5-15/h10-12,15,17H,1-9,13-14H2,(H,22,23)/t17-/m0/s1. The van der Waals surface area contributed by atoms with Crippen molar-refractivity contribution in [2.75, 3.05) is 31.2 Å². The number of rotatable bonds is 7. The van der Waals surface area contributed by atoms with Crippen molar-refractivity contribution in [3.63, 3.8) is 0 Å². The van der Waals surface area contributed by atoms with E-state index >= 15 is 0 Å². The van der Waals surface area contributed by atoms with Gasteiger partial charge in [0.2, 0.25) is 0 Å². The molecule has 1 saturated carbocycles. The zero-order chi connectivity index (χ0) is 17.5. The van der Waals surface area contributed by atoms with Gasteiger partial charge in [0.1, 0.15) is 5.75 Å². The van der Waals surface area contributed by atoms with E-state index in [2.05, 4.69) is 9.88 Å². The molecule has 1 saturated heterocycles. The average Bonchev–Trinajstić information content (AvgIpc) is 2.66. The average molecular weight is 348 g/mol. The molecule has 0 spiro atoms. The SMILES string of the molecule is O=C(O)CC[C@H]1CN(c2cncc(OCC3CCCCC3)c2)CCO1. The van der Waals surface area contributed by atoms with Crippen molar-refractivity contribution in [3.8, 4) is 5.75 Å². The third-order valence-corrected chi connectivity index (χ3v) is 5.09. The Balaban J connectivity index is 1.53. The molecule has 3 rings (SSSR count). The van der Waals surface area contributed by atoms with E-state index in [1.807, 2.05) is 12.3 Å². The van der Waals surface area contributed by atoms with Gasteiger partial charge in [0, 0.05) is 25.6 Å².